The van der Waals surface area contributed by atoms with Crippen molar-refractivity contribution in [1.82, 2.24) is 4.72 Å². The predicted octanol–water partition coefficient (Wildman–Crippen LogP) is 1.64. The van der Waals surface area contributed by atoms with Crippen molar-refractivity contribution in [3.63, 3.8) is 0 Å². The lowest BCUT2D eigenvalue weighted by Crippen LogP contribution is -2.36. The average molecular weight is 309 g/mol. The molecule has 1 aromatic rings. The summed E-state index contributed by atoms with van der Waals surface area (Å²) in [6.07, 6.45) is -0.811. The Bertz CT molecular complexity index is 510. The maximum absolute atomic E-state index is 13.4. The van der Waals surface area contributed by atoms with E-state index in [4.69, 9.17) is 9.47 Å². The molecule has 1 N–H and O–H groups in total. The van der Waals surface area contributed by atoms with Gasteiger partial charge in [0.15, 0.2) is 11.2 Å². The molecular weight excluding hydrogens is 292 g/mol. The molecule has 0 heterocycles. The molecule has 0 aliphatic heterocycles. The number of hydrogen-bond acceptors (Lipinski definition) is 4. The van der Waals surface area contributed by atoms with Crippen LogP contribution in [-0.4, -0.2) is 34.5 Å². The maximum atomic E-state index is 13.4. The summed E-state index contributed by atoms with van der Waals surface area (Å²) in [5, 5.41) is 0. The number of sulfonamides is 1. The van der Waals surface area contributed by atoms with Gasteiger partial charge >= 0.3 is 0 Å². The molecule has 1 aromatic carbocycles. The van der Waals surface area contributed by atoms with E-state index in [2.05, 4.69) is 4.72 Å². The van der Waals surface area contributed by atoms with E-state index in [9.17, 15) is 17.2 Å². The molecule has 0 spiro atoms. The van der Waals surface area contributed by atoms with E-state index in [-0.39, 0.29) is 6.54 Å². The fourth-order valence-electron chi connectivity index (χ4n) is 1.53. The van der Waals surface area contributed by atoms with Gasteiger partial charge in [0.2, 0.25) is 10.0 Å². The highest BCUT2D eigenvalue weighted by Gasteiger charge is 2.24. The molecule has 0 fully saturated rings. The summed E-state index contributed by atoms with van der Waals surface area (Å²) < 4.78 is 63.0. The van der Waals surface area contributed by atoms with Crippen molar-refractivity contribution in [3.05, 3.63) is 29.8 Å². The molecule has 0 radical (unpaired) electrons. The van der Waals surface area contributed by atoms with E-state index < -0.39 is 32.8 Å². The molecule has 0 aromatic heterocycles. The number of halogens is 2. The van der Waals surface area contributed by atoms with Crippen LogP contribution < -0.4 is 4.72 Å². The molecule has 0 unspecified atom stereocenters. The first-order valence-electron chi connectivity index (χ1n) is 6.09. The predicted molar refractivity (Wildman–Crippen MR) is 68.6 cm³/mol. The minimum absolute atomic E-state index is 0.238. The summed E-state index contributed by atoms with van der Waals surface area (Å²) in [7, 11) is -4.31. The van der Waals surface area contributed by atoms with Crippen LogP contribution >= 0.6 is 0 Å². The Morgan fingerprint density at radius 3 is 2.10 bits per heavy atom. The summed E-state index contributed by atoms with van der Waals surface area (Å²) in [6, 6.07) is 2.84. The molecule has 5 nitrogen and oxygen atoms in total. The van der Waals surface area contributed by atoms with Crippen LogP contribution in [0.3, 0.4) is 0 Å². The number of benzene rings is 1. The van der Waals surface area contributed by atoms with Crippen molar-refractivity contribution in [3.8, 4) is 0 Å². The van der Waals surface area contributed by atoms with Crippen LogP contribution in [0.15, 0.2) is 23.1 Å². The normalized spacial score (nSPS) is 12.1. The van der Waals surface area contributed by atoms with Gasteiger partial charge in [-0.3, -0.25) is 0 Å². The molecule has 0 saturated heterocycles. The van der Waals surface area contributed by atoms with E-state index in [1.165, 1.54) is 0 Å². The second kappa shape index (κ2) is 7.63. The highest BCUT2D eigenvalue weighted by Crippen LogP contribution is 2.17. The van der Waals surface area contributed by atoms with Crippen molar-refractivity contribution < 1.29 is 26.7 Å². The highest BCUT2D eigenvalue weighted by atomic mass is 32.2. The van der Waals surface area contributed by atoms with Gasteiger partial charge in [-0.2, -0.15) is 0 Å². The number of rotatable bonds is 8. The van der Waals surface area contributed by atoms with Gasteiger partial charge in [-0.15, -0.1) is 0 Å². The van der Waals surface area contributed by atoms with Crippen molar-refractivity contribution in [2.45, 2.75) is 25.0 Å². The largest absolute Gasteiger partial charge is 0.352 e. The zero-order valence-electron chi connectivity index (χ0n) is 11.2. The summed E-state index contributed by atoms with van der Waals surface area (Å²) in [4.78, 5) is -1.01. The summed E-state index contributed by atoms with van der Waals surface area (Å²) in [5.74, 6) is -2.30. The molecule has 0 amide bonds. The minimum Gasteiger partial charge on any atom is -0.352 e. The molecule has 8 heteroatoms. The van der Waals surface area contributed by atoms with E-state index in [0.717, 1.165) is 18.2 Å². The Hall–Kier alpha value is -1.09. The Labute approximate surface area is 116 Å². The third kappa shape index (κ3) is 4.48. The fraction of sp³-hybridized carbons (Fsp3) is 0.500. The van der Waals surface area contributed by atoms with Crippen LogP contribution in [0.2, 0.25) is 0 Å². The molecule has 114 valence electrons. The van der Waals surface area contributed by atoms with Crippen molar-refractivity contribution in [2.24, 2.45) is 0 Å². The van der Waals surface area contributed by atoms with Crippen LogP contribution in [0.4, 0.5) is 8.78 Å². The van der Waals surface area contributed by atoms with Crippen LogP contribution in [0.1, 0.15) is 13.8 Å². The smallest absolute Gasteiger partial charge is 0.246 e. The first-order chi connectivity index (χ1) is 9.42. The molecule has 0 atom stereocenters. The zero-order chi connectivity index (χ0) is 15.2. The van der Waals surface area contributed by atoms with Crippen LogP contribution in [0.25, 0.3) is 0 Å². The third-order valence-corrected chi connectivity index (χ3v) is 3.81. The lowest BCUT2D eigenvalue weighted by atomic mass is 10.3. The topological polar surface area (TPSA) is 64.6 Å². The molecule has 0 aliphatic carbocycles. The monoisotopic (exact) mass is 309 g/mol. The van der Waals surface area contributed by atoms with Gasteiger partial charge in [-0.25, -0.2) is 21.9 Å². The standard InChI is InChI=1S/C12H17F2NO4S/c1-3-18-11(19-4-2)8-15-20(16,17)12-9(13)6-5-7-10(12)14/h5-7,11,15H,3-4,8H2,1-2H3. The number of nitrogens with one attached hydrogen (secondary N) is 1. The summed E-state index contributed by atoms with van der Waals surface area (Å²) in [6.45, 7) is 3.84. The maximum Gasteiger partial charge on any atom is 0.246 e. The van der Waals surface area contributed by atoms with Crippen molar-refractivity contribution >= 4 is 10.0 Å². The quantitative estimate of drug-likeness (QED) is 0.742. The average Bonchev–Trinajstić information content (AvgIpc) is 2.36. The van der Waals surface area contributed by atoms with Crippen LogP contribution in [-0.2, 0) is 19.5 Å². The number of hydrogen-bond donors (Lipinski definition) is 1. The Morgan fingerprint density at radius 2 is 1.65 bits per heavy atom. The van der Waals surface area contributed by atoms with Gasteiger partial charge in [-0.05, 0) is 26.0 Å². The highest BCUT2D eigenvalue weighted by molar-refractivity contribution is 7.89. The Kier molecular flexibility index (Phi) is 6.47. The van der Waals surface area contributed by atoms with E-state index in [0.29, 0.717) is 13.2 Å². The van der Waals surface area contributed by atoms with Crippen LogP contribution in [0, 0.1) is 11.6 Å². The van der Waals surface area contributed by atoms with E-state index in [1.807, 2.05) is 0 Å². The molecule has 20 heavy (non-hydrogen) atoms. The van der Waals surface area contributed by atoms with Gasteiger partial charge in [0.25, 0.3) is 0 Å². The first-order valence-corrected chi connectivity index (χ1v) is 7.57. The molecule has 1 rings (SSSR count). The van der Waals surface area contributed by atoms with Crippen molar-refractivity contribution in [2.75, 3.05) is 19.8 Å². The van der Waals surface area contributed by atoms with Crippen molar-refractivity contribution in [1.29, 1.82) is 0 Å². The van der Waals surface area contributed by atoms with Crippen LogP contribution in [0.5, 0.6) is 0 Å². The molecule has 0 saturated carbocycles. The summed E-state index contributed by atoms with van der Waals surface area (Å²) >= 11 is 0. The zero-order valence-corrected chi connectivity index (χ0v) is 12.0. The fourth-order valence-corrected chi connectivity index (χ4v) is 2.68. The lowest BCUT2D eigenvalue weighted by molar-refractivity contribution is -0.130. The second-order valence-corrected chi connectivity index (χ2v) is 5.45. The summed E-state index contributed by atoms with van der Waals surface area (Å²) in [5.41, 5.74) is 0. The van der Waals surface area contributed by atoms with E-state index >= 15 is 0 Å². The first kappa shape index (κ1) is 17.0. The minimum atomic E-state index is -4.31. The second-order valence-electron chi connectivity index (χ2n) is 3.74. The number of ether oxygens (including phenoxy) is 2. The van der Waals surface area contributed by atoms with Gasteiger partial charge in [0.1, 0.15) is 11.6 Å². The third-order valence-electron chi connectivity index (χ3n) is 2.33. The molecular formula is C12H17F2NO4S. The molecule has 0 aliphatic rings. The Balaban J connectivity index is 2.84. The van der Waals surface area contributed by atoms with Gasteiger partial charge < -0.3 is 9.47 Å². The van der Waals surface area contributed by atoms with Gasteiger partial charge in [0.05, 0.1) is 6.54 Å². The Morgan fingerprint density at radius 1 is 1.15 bits per heavy atom. The SMILES string of the molecule is CCOC(CNS(=O)(=O)c1c(F)cccc1F)OCC. The van der Waals surface area contributed by atoms with Gasteiger partial charge in [0, 0.05) is 13.2 Å². The van der Waals surface area contributed by atoms with Gasteiger partial charge in [-0.1, -0.05) is 6.07 Å². The van der Waals surface area contributed by atoms with E-state index in [1.54, 1.807) is 13.8 Å². The lowest BCUT2D eigenvalue weighted by Gasteiger charge is -2.17. The molecule has 0 bridgehead atoms.